The Balaban J connectivity index is 1.63. The number of alkyl halides is 3. The number of aryl methyl sites for hydroxylation is 1. The van der Waals surface area contributed by atoms with Gasteiger partial charge < -0.3 is 19.7 Å². The van der Waals surface area contributed by atoms with Crippen LogP contribution in [-0.2, 0) is 12.7 Å². The first-order valence-corrected chi connectivity index (χ1v) is 13.3. The molecule has 0 saturated heterocycles. The molecule has 1 aromatic heterocycles. The standard InChI is InChI=1S/C31H24ClF4N3O4/c1-16-6-4-5-7-22(16)27-25-23(38-29(40)18-10-19(31(34,35)36)12-20(33)11-18)14-37-28(32)26(25)30(41)39(27)15-17-8-9-21(42-2)13-24(17)43-3/h4-14,27H,15H2,1-3H3,(H,38,40). The van der Waals surface area contributed by atoms with E-state index in [1.165, 1.54) is 20.4 Å². The fourth-order valence-corrected chi connectivity index (χ4v) is 5.36. The normalized spacial score (nSPS) is 14.5. The van der Waals surface area contributed by atoms with E-state index in [0.29, 0.717) is 46.4 Å². The summed E-state index contributed by atoms with van der Waals surface area (Å²) in [6.45, 7) is 1.92. The lowest BCUT2D eigenvalue weighted by atomic mass is 9.93. The first-order chi connectivity index (χ1) is 20.4. The van der Waals surface area contributed by atoms with Crippen molar-refractivity contribution in [3.05, 3.63) is 117 Å². The van der Waals surface area contributed by atoms with Crippen LogP contribution in [0.5, 0.6) is 11.5 Å². The van der Waals surface area contributed by atoms with Crippen LogP contribution in [0, 0.1) is 12.7 Å². The van der Waals surface area contributed by atoms with Crippen LogP contribution >= 0.6 is 11.6 Å². The first kappa shape index (κ1) is 29.8. The van der Waals surface area contributed by atoms with Crippen molar-refractivity contribution < 1.29 is 36.6 Å². The number of aromatic nitrogens is 1. The number of carbonyl (C=O) groups excluding carboxylic acids is 2. The molecule has 2 heterocycles. The molecule has 3 aromatic carbocycles. The summed E-state index contributed by atoms with van der Waals surface area (Å²) in [5.74, 6) is -1.72. The summed E-state index contributed by atoms with van der Waals surface area (Å²) in [5.41, 5.74) is 0.667. The van der Waals surface area contributed by atoms with Crippen molar-refractivity contribution in [1.29, 1.82) is 0 Å². The van der Waals surface area contributed by atoms with Crippen molar-refractivity contribution in [2.75, 3.05) is 19.5 Å². The molecule has 1 atom stereocenters. The summed E-state index contributed by atoms with van der Waals surface area (Å²) in [5, 5.41) is 2.42. The predicted octanol–water partition coefficient (Wildman–Crippen LogP) is 7.22. The number of hydrogen-bond donors (Lipinski definition) is 1. The lowest BCUT2D eigenvalue weighted by molar-refractivity contribution is -0.137. The van der Waals surface area contributed by atoms with Crippen molar-refractivity contribution >= 4 is 29.1 Å². The minimum atomic E-state index is -4.87. The Morgan fingerprint density at radius 3 is 2.49 bits per heavy atom. The molecule has 4 aromatic rings. The molecule has 1 aliphatic rings. The first-order valence-electron chi connectivity index (χ1n) is 12.9. The molecule has 1 N–H and O–H groups in total. The van der Waals surface area contributed by atoms with Crippen molar-refractivity contribution in [3.63, 3.8) is 0 Å². The Labute approximate surface area is 249 Å². The van der Waals surface area contributed by atoms with Gasteiger partial charge in [-0.25, -0.2) is 9.37 Å². The number of halogens is 5. The molecule has 43 heavy (non-hydrogen) atoms. The summed E-state index contributed by atoms with van der Waals surface area (Å²) in [6, 6.07) is 13.2. The van der Waals surface area contributed by atoms with E-state index in [4.69, 9.17) is 21.1 Å². The quantitative estimate of drug-likeness (QED) is 0.176. The molecule has 0 aliphatic carbocycles. The monoisotopic (exact) mass is 613 g/mol. The lowest BCUT2D eigenvalue weighted by Gasteiger charge is -2.28. The van der Waals surface area contributed by atoms with Gasteiger partial charge in [0.2, 0.25) is 0 Å². The van der Waals surface area contributed by atoms with Crippen LogP contribution in [0.25, 0.3) is 0 Å². The maximum absolute atomic E-state index is 14.1. The SMILES string of the molecule is COc1ccc(CN2C(=O)c3c(Cl)ncc(NC(=O)c4cc(F)cc(C(F)(F)F)c4)c3C2c2ccccc2C)c(OC)c1. The Hall–Kier alpha value is -4.64. The van der Waals surface area contributed by atoms with Crippen LogP contribution in [0.3, 0.4) is 0 Å². The summed E-state index contributed by atoms with van der Waals surface area (Å²) in [4.78, 5) is 32.8. The zero-order chi connectivity index (χ0) is 31.1. The minimum Gasteiger partial charge on any atom is -0.497 e. The number of anilines is 1. The molecule has 0 saturated carbocycles. The van der Waals surface area contributed by atoms with Gasteiger partial charge in [0.05, 0.1) is 49.8 Å². The number of fused-ring (bicyclic) bond motifs is 1. The number of rotatable bonds is 7. The van der Waals surface area contributed by atoms with Gasteiger partial charge in [-0.2, -0.15) is 13.2 Å². The summed E-state index contributed by atoms with van der Waals surface area (Å²) >= 11 is 6.45. The van der Waals surface area contributed by atoms with Gasteiger partial charge in [0, 0.05) is 22.8 Å². The van der Waals surface area contributed by atoms with Crippen LogP contribution in [0.1, 0.15) is 54.6 Å². The van der Waals surface area contributed by atoms with E-state index < -0.39 is 41.0 Å². The molecule has 0 radical (unpaired) electrons. The number of nitrogens with one attached hydrogen (secondary N) is 1. The van der Waals surface area contributed by atoms with Gasteiger partial charge >= 0.3 is 6.18 Å². The highest BCUT2D eigenvalue weighted by molar-refractivity contribution is 6.33. The molecule has 5 rings (SSSR count). The van der Waals surface area contributed by atoms with Gasteiger partial charge in [-0.05, 0) is 48.4 Å². The Morgan fingerprint density at radius 1 is 1.07 bits per heavy atom. The van der Waals surface area contributed by atoms with E-state index in [-0.39, 0.29) is 22.9 Å². The molecule has 1 unspecified atom stereocenters. The van der Waals surface area contributed by atoms with Crippen molar-refractivity contribution in [3.8, 4) is 11.5 Å². The van der Waals surface area contributed by atoms with Gasteiger partial charge in [0.15, 0.2) is 0 Å². The number of methoxy groups -OCH3 is 2. The molecule has 2 amide bonds. The molecule has 222 valence electrons. The minimum absolute atomic E-state index is 0.0235. The summed E-state index contributed by atoms with van der Waals surface area (Å²) in [6.07, 6.45) is -3.65. The molecule has 12 heteroatoms. The Morgan fingerprint density at radius 2 is 1.81 bits per heavy atom. The van der Waals surface area contributed by atoms with Crippen LogP contribution in [0.2, 0.25) is 5.15 Å². The number of hydrogen-bond acceptors (Lipinski definition) is 5. The second-order valence-electron chi connectivity index (χ2n) is 9.80. The second kappa shape index (κ2) is 11.6. The van der Waals surface area contributed by atoms with Crippen LogP contribution in [0.4, 0.5) is 23.2 Å². The number of ether oxygens (including phenoxy) is 2. The van der Waals surface area contributed by atoms with Crippen LogP contribution in [0.15, 0.2) is 66.9 Å². The number of benzene rings is 3. The van der Waals surface area contributed by atoms with Crippen molar-refractivity contribution in [2.45, 2.75) is 25.7 Å². The third-order valence-corrected chi connectivity index (χ3v) is 7.47. The van der Waals surface area contributed by atoms with E-state index in [0.717, 1.165) is 5.56 Å². The molecular formula is C31H24ClF4N3O4. The number of amides is 2. The smallest absolute Gasteiger partial charge is 0.416 e. The van der Waals surface area contributed by atoms with Gasteiger partial charge in [-0.1, -0.05) is 35.9 Å². The average molecular weight is 614 g/mol. The molecule has 0 spiro atoms. The van der Waals surface area contributed by atoms with Gasteiger partial charge in [-0.15, -0.1) is 0 Å². The zero-order valence-electron chi connectivity index (χ0n) is 23.1. The number of carbonyl (C=O) groups is 2. The molecule has 7 nitrogen and oxygen atoms in total. The van der Waals surface area contributed by atoms with Gasteiger partial charge in [-0.3, -0.25) is 9.59 Å². The molecule has 0 fully saturated rings. The second-order valence-corrected chi connectivity index (χ2v) is 10.2. The molecule has 0 bridgehead atoms. The Kier molecular flexibility index (Phi) is 8.02. The Bertz CT molecular complexity index is 1750. The topological polar surface area (TPSA) is 80.8 Å². The van der Waals surface area contributed by atoms with Crippen LogP contribution < -0.4 is 14.8 Å². The van der Waals surface area contributed by atoms with E-state index >= 15 is 0 Å². The largest absolute Gasteiger partial charge is 0.497 e. The van der Waals surface area contributed by atoms with E-state index in [1.807, 2.05) is 25.1 Å². The highest BCUT2D eigenvalue weighted by Crippen LogP contribution is 2.46. The highest BCUT2D eigenvalue weighted by atomic mass is 35.5. The molecular weight excluding hydrogens is 590 g/mol. The zero-order valence-corrected chi connectivity index (χ0v) is 23.8. The number of pyridine rings is 1. The van der Waals surface area contributed by atoms with E-state index in [9.17, 15) is 27.2 Å². The maximum atomic E-state index is 14.1. The van der Waals surface area contributed by atoms with Crippen LogP contribution in [-0.4, -0.2) is 35.9 Å². The summed E-state index contributed by atoms with van der Waals surface area (Å²) < 4.78 is 64.9. The highest BCUT2D eigenvalue weighted by Gasteiger charge is 2.43. The third kappa shape index (κ3) is 5.72. The van der Waals surface area contributed by atoms with Gasteiger partial charge in [0.25, 0.3) is 11.8 Å². The predicted molar refractivity (Wildman–Crippen MR) is 151 cm³/mol. The maximum Gasteiger partial charge on any atom is 0.416 e. The van der Waals surface area contributed by atoms with Crippen molar-refractivity contribution in [1.82, 2.24) is 9.88 Å². The number of nitrogens with zero attached hydrogens (tertiary/aromatic N) is 2. The fourth-order valence-electron chi connectivity index (χ4n) is 5.13. The molecule has 1 aliphatic heterocycles. The average Bonchev–Trinajstić information content (AvgIpc) is 3.26. The van der Waals surface area contributed by atoms with Gasteiger partial charge in [0.1, 0.15) is 22.5 Å². The fraction of sp³-hybridized carbons (Fsp3) is 0.194. The third-order valence-electron chi connectivity index (χ3n) is 7.19. The van der Waals surface area contributed by atoms with Crippen molar-refractivity contribution in [2.24, 2.45) is 0 Å². The lowest BCUT2D eigenvalue weighted by Crippen LogP contribution is -2.29. The summed E-state index contributed by atoms with van der Waals surface area (Å²) in [7, 11) is 3.00. The van der Waals surface area contributed by atoms with E-state index in [2.05, 4.69) is 10.3 Å². The van der Waals surface area contributed by atoms with E-state index in [1.54, 1.807) is 29.2 Å².